The van der Waals surface area contributed by atoms with Gasteiger partial charge >= 0.3 is 0 Å². The van der Waals surface area contributed by atoms with E-state index in [1.165, 1.54) is 5.56 Å². The molecule has 1 aliphatic rings. The van der Waals surface area contributed by atoms with Crippen LogP contribution in [0.25, 0.3) is 0 Å². The predicted octanol–water partition coefficient (Wildman–Crippen LogP) is 2.02. The third-order valence-corrected chi connectivity index (χ3v) is 3.64. The molecular weight excluding hydrogens is 280 g/mol. The van der Waals surface area contributed by atoms with Crippen LogP contribution in [0.4, 0.5) is 0 Å². The summed E-state index contributed by atoms with van der Waals surface area (Å²) in [4.78, 5) is 11.9. The minimum atomic E-state index is 0.0614. The van der Waals surface area contributed by atoms with Crippen LogP contribution in [0.2, 0.25) is 0 Å². The Morgan fingerprint density at radius 3 is 3.06 bits per heavy atom. The number of nitrogens with one attached hydrogen (secondary N) is 1. The largest absolute Gasteiger partial charge is 0.352 e. The second kappa shape index (κ2) is 5.19. The first kappa shape index (κ1) is 12.6. The maximum Gasteiger partial charge on any atom is 0.224 e. The molecule has 3 atom stereocenters. The van der Waals surface area contributed by atoms with E-state index < -0.39 is 0 Å². The fourth-order valence-corrected chi connectivity index (χ4v) is 2.42. The summed E-state index contributed by atoms with van der Waals surface area (Å²) in [6.45, 7) is 2.41. The number of nitrogens with two attached hydrogens (primary N) is 1. The number of rotatable bonds is 4. The first-order chi connectivity index (χ1) is 8.11. The Bertz CT molecular complexity index is 422. The highest BCUT2D eigenvalue weighted by atomic mass is 79.9. The molecule has 0 aromatic heterocycles. The highest BCUT2D eigenvalue weighted by Gasteiger charge is 2.44. The smallest absolute Gasteiger partial charge is 0.224 e. The van der Waals surface area contributed by atoms with Crippen molar-refractivity contribution in [1.82, 2.24) is 5.32 Å². The van der Waals surface area contributed by atoms with Crippen molar-refractivity contribution in [3.05, 3.63) is 34.3 Å². The van der Waals surface area contributed by atoms with Crippen molar-refractivity contribution < 1.29 is 4.79 Å². The Balaban J connectivity index is 1.94. The molecule has 3 N–H and O–H groups in total. The number of halogens is 1. The van der Waals surface area contributed by atoms with Gasteiger partial charge in [0.2, 0.25) is 5.91 Å². The molecule has 0 heterocycles. The Labute approximate surface area is 110 Å². The van der Waals surface area contributed by atoms with E-state index >= 15 is 0 Å². The van der Waals surface area contributed by atoms with E-state index in [4.69, 9.17) is 5.73 Å². The second-order valence-corrected chi connectivity index (χ2v) is 5.56. The number of benzene rings is 1. The Morgan fingerprint density at radius 1 is 1.65 bits per heavy atom. The van der Waals surface area contributed by atoms with Gasteiger partial charge in [-0.3, -0.25) is 4.79 Å². The summed E-state index contributed by atoms with van der Waals surface area (Å²) in [6.07, 6.45) is 0.944. The van der Waals surface area contributed by atoms with Crippen molar-refractivity contribution in [2.45, 2.75) is 25.3 Å². The van der Waals surface area contributed by atoms with Gasteiger partial charge in [0.15, 0.2) is 0 Å². The van der Waals surface area contributed by atoms with Crippen LogP contribution < -0.4 is 11.1 Å². The van der Waals surface area contributed by atoms with E-state index in [1.54, 1.807) is 0 Å². The summed E-state index contributed by atoms with van der Waals surface area (Å²) in [7, 11) is 0. The van der Waals surface area contributed by atoms with E-state index in [2.05, 4.69) is 33.4 Å². The number of carbonyl (C=O) groups is 1. The molecule has 0 aliphatic heterocycles. The van der Waals surface area contributed by atoms with Crippen LogP contribution in [-0.2, 0) is 4.79 Å². The molecule has 1 fully saturated rings. The first-order valence-corrected chi connectivity index (χ1v) is 6.67. The molecule has 1 saturated carbocycles. The standard InChI is InChI=1S/C13H17BrN2O/c1-8(7-15)16-13(17)12-6-11(12)9-3-2-4-10(14)5-9/h2-5,8,11-12H,6-7,15H2,1H3,(H,16,17)/t8-,11?,12?/m0/s1. The minimum absolute atomic E-state index is 0.0614. The molecule has 1 amide bonds. The van der Waals surface area contributed by atoms with Gasteiger partial charge in [0, 0.05) is 23.0 Å². The SMILES string of the molecule is C[C@@H](CN)NC(=O)C1CC1c1cccc(Br)c1. The molecule has 4 heteroatoms. The highest BCUT2D eigenvalue weighted by molar-refractivity contribution is 9.10. The topological polar surface area (TPSA) is 55.1 Å². The van der Waals surface area contributed by atoms with Crippen LogP contribution in [0.5, 0.6) is 0 Å². The summed E-state index contributed by atoms with van der Waals surface area (Å²) in [5.41, 5.74) is 6.72. The van der Waals surface area contributed by atoms with Crippen LogP contribution in [0.3, 0.4) is 0 Å². The maximum absolute atomic E-state index is 11.9. The zero-order valence-corrected chi connectivity index (χ0v) is 11.4. The highest BCUT2D eigenvalue weighted by Crippen LogP contribution is 2.47. The fraction of sp³-hybridized carbons (Fsp3) is 0.462. The van der Waals surface area contributed by atoms with Crippen molar-refractivity contribution >= 4 is 21.8 Å². The first-order valence-electron chi connectivity index (χ1n) is 5.87. The summed E-state index contributed by atoms with van der Waals surface area (Å²) in [5, 5.41) is 2.93. The van der Waals surface area contributed by atoms with Gasteiger partial charge in [-0.1, -0.05) is 28.1 Å². The summed E-state index contributed by atoms with van der Waals surface area (Å²) in [6, 6.07) is 8.23. The van der Waals surface area contributed by atoms with Crippen molar-refractivity contribution in [1.29, 1.82) is 0 Å². The lowest BCUT2D eigenvalue weighted by molar-refractivity contribution is -0.122. The van der Waals surface area contributed by atoms with Gasteiger partial charge in [0.1, 0.15) is 0 Å². The van der Waals surface area contributed by atoms with Crippen molar-refractivity contribution in [3.8, 4) is 0 Å². The predicted molar refractivity (Wildman–Crippen MR) is 71.6 cm³/mol. The molecule has 0 spiro atoms. The molecule has 3 nitrogen and oxygen atoms in total. The lowest BCUT2D eigenvalue weighted by Crippen LogP contribution is -2.38. The summed E-state index contributed by atoms with van der Waals surface area (Å²) < 4.78 is 1.07. The molecule has 0 saturated heterocycles. The number of carbonyl (C=O) groups excluding carboxylic acids is 1. The van der Waals surface area contributed by atoms with E-state index in [1.807, 2.05) is 19.1 Å². The zero-order chi connectivity index (χ0) is 12.4. The van der Waals surface area contributed by atoms with Gasteiger partial charge < -0.3 is 11.1 Å². The van der Waals surface area contributed by atoms with E-state index in [0.29, 0.717) is 12.5 Å². The molecule has 1 aromatic carbocycles. The van der Waals surface area contributed by atoms with Gasteiger partial charge in [-0.2, -0.15) is 0 Å². The van der Waals surface area contributed by atoms with E-state index in [0.717, 1.165) is 10.9 Å². The lowest BCUT2D eigenvalue weighted by atomic mass is 10.1. The van der Waals surface area contributed by atoms with E-state index in [-0.39, 0.29) is 17.9 Å². The number of hydrogen-bond donors (Lipinski definition) is 2. The second-order valence-electron chi connectivity index (χ2n) is 4.65. The van der Waals surface area contributed by atoms with Crippen LogP contribution in [0, 0.1) is 5.92 Å². The van der Waals surface area contributed by atoms with Gasteiger partial charge in [0.25, 0.3) is 0 Å². The Hall–Kier alpha value is -0.870. The molecule has 0 bridgehead atoms. The molecular formula is C13H17BrN2O. The quantitative estimate of drug-likeness (QED) is 0.893. The zero-order valence-electron chi connectivity index (χ0n) is 9.82. The van der Waals surface area contributed by atoms with Crippen molar-refractivity contribution in [3.63, 3.8) is 0 Å². The van der Waals surface area contributed by atoms with Crippen LogP contribution in [0.1, 0.15) is 24.8 Å². The minimum Gasteiger partial charge on any atom is -0.352 e. The monoisotopic (exact) mass is 296 g/mol. The van der Waals surface area contributed by atoms with Gasteiger partial charge in [0.05, 0.1) is 0 Å². The molecule has 92 valence electrons. The van der Waals surface area contributed by atoms with Gasteiger partial charge in [-0.25, -0.2) is 0 Å². The van der Waals surface area contributed by atoms with Crippen molar-refractivity contribution in [2.75, 3.05) is 6.54 Å². The maximum atomic E-state index is 11.9. The number of amides is 1. The van der Waals surface area contributed by atoms with Crippen molar-refractivity contribution in [2.24, 2.45) is 11.7 Å². The van der Waals surface area contributed by atoms with Crippen LogP contribution in [-0.4, -0.2) is 18.5 Å². The van der Waals surface area contributed by atoms with Crippen LogP contribution >= 0.6 is 15.9 Å². The Morgan fingerprint density at radius 2 is 2.41 bits per heavy atom. The third-order valence-electron chi connectivity index (χ3n) is 3.15. The Kier molecular flexibility index (Phi) is 3.84. The molecule has 17 heavy (non-hydrogen) atoms. The fourth-order valence-electron chi connectivity index (χ4n) is 2.00. The molecule has 1 aromatic rings. The average Bonchev–Trinajstić information content (AvgIpc) is 3.08. The summed E-state index contributed by atoms with van der Waals surface area (Å²) >= 11 is 3.45. The number of hydrogen-bond acceptors (Lipinski definition) is 2. The molecule has 2 unspecified atom stereocenters. The average molecular weight is 297 g/mol. The van der Waals surface area contributed by atoms with Gasteiger partial charge in [-0.15, -0.1) is 0 Å². The molecule has 1 aliphatic carbocycles. The van der Waals surface area contributed by atoms with Gasteiger partial charge in [-0.05, 0) is 37.0 Å². The lowest BCUT2D eigenvalue weighted by Gasteiger charge is -2.11. The third kappa shape index (κ3) is 3.07. The van der Waals surface area contributed by atoms with Crippen LogP contribution in [0.15, 0.2) is 28.7 Å². The van der Waals surface area contributed by atoms with E-state index in [9.17, 15) is 4.79 Å². The molecule has 0 radical (unpaired) electrons. The summed E-state index contributed by atoms with van der Waals surface area (Å²) in [5.74, 6) is 0.628. The normalized spacial score (nSPS) is 24.2. The molecule has 2 rings (SSSR count).